The number of nitrogens with zero attached hydrogens (tertiary/aromatic N) is 2. The minimum Gasteiger partial charge on any atom is -0.382 e. The quantitative estimate of drug-likeness (QED) is 0.625. The topological polar surface area (TPSA) is 34.6 Å². The maximum atomic E-state index is 5.51. The lowest BCUT2D eigenvalue weighted by atomic mass is 10.2. The van der Waals surface area contributed by atoms with Crippen molar-refractivity contribution >= 4 is 16.5 Å². The molecule has 0 atom stereocenters. The second-order valence-corrected chi connectivity index (χ2v) is 5.76. The molecule has 0 saturated heterocycles. The molecule has 0 unspecified atom stereocenters. The van der Waals surface area contributed by atoms with E-state index in [0.717, 1.165) is 36.9 Å². The number of benzene rings is 1. The summed E-state index contributed by atoms with van der Waals surface area (Å²) in [5.41, 5.74) is 2.22. The average molecular weight is 320 g/mol. The second-order valence-electron chi connectivity index (χ2n) is 4.92. The van der Waals surface area contributed by atoms with E-state index in [1.807, 2.05) is 18.2 Å². The highest BCUT2D eigenvalue weighted by Gasteiger charge is 2.10. The molecule has 0 fully saturated rings. The standard InChI is InChI=1S/C17H24N2O2S/c1-3-19(10-7-11-21-13-12-20-2)17-18-16(14-22-17)15-8-5-4-6-9-15/h4-6,8-9,14H,3,7,10-13H2,1-2H3. The van der Waals surface area contributed by atoms with Gasteiger partial charge in [-0.25, -0.2) is 4.98 Å². The van der Waals surface area contributed by atoms with Crippen LogP contribution in [0.3, 0.4) is 0 Å². The van der Waals surface area contributed by atoms with Crippen LogP contribution < -0.4 is 4.90 Å². The molecule has 2 rings (SSSR count). The molecule has 5 heteroatoms. The van der Waals surface area contributed by atoms with Gasteiger partial charge in [0.15, 0.2) is 5.13 Å². The van der Waals surface area contributed by atoms with Gasteiger partial charge in [-0.15, -0.1) is 11.3 Å². The van der Waals surface area contributed by atoms with E-state index in [0.29, 0.717) is 13.2 Å². The summed E-state index contributed by atoms with van der Waals surface area (Å²) in [6, 6.07) is 10.3. The smallest absolute Gasteiger partial charge is 0.185 e. The third kappa shape index (κ3) is 5.09. The number of thiazole rings is 1. The van der Waals surface area contributed by atoms with Crippen molar-refractivity contribution in [2.24, 2.45) is 0 Å². The van der Waals surface area contributed by atoms with E-state index in [-0.39, 0.29) is 0 Å². The van der Waals surface area contributed by atoms with Gasteiger partial charge in [-0.3, -0.25) is 0 Å². The normalized spacial score (nSPS) is 10.8. The monoisotopic (exact) mass is 320 g/mol. The van der Waals surface area contributed by atoms with Gasteiger partial charge >= 0.3 is 0 Å². The van der Waals surface area contributed by atoms with Crippen LogP contribution in [0.2, 0.25) is 0 Å². The van der Waals surface area contributed by atoms with Crippen LogP contribution in [-0.2, 0) is 9.47 Å². The van der Waals surface area contributed by atoms with Crippen molar-refractivity contribution in [3.05, 3.63) is 35.7 Å². The van der Waals surface area contributed by atoms with E-state index in [1.165, 1.54) is 5.56 Å². The molecule has 0 aliphatic heterocycles. The van der Waals surface area contributed by atoms with Gasteiger partial charge < -0.3 is 14.4 Å². The van der Waals surface area contributed by atoms with Crippen LogP contribution in [0.25, 0.3) is 11.3 Å². The maximum Gasteiger partial charge on any atom is 0.185 e. The number of ether oxygens (including phenoxy) is 2. The Morgan fingerprint density at radius 3 is 2.68 bits per heavy atom. The van der Waals surface area contributed by atoms with Crippen LogP contribution in [-0.4, -0.2) is 45.0 Å². The SMILES string of the molecule is CCN(CCCOCCOC)c1nc(-c2ccccc2)cs1. The number of hydrogen-bond acceptors (Lipinski definition) is 5. The first-order valence-corrected chi connectivity index (χ1v) is 8.55. The third-order valence-electron chi connectivity index (χ3n) is 3.36. The Bertz CT molecular complexity index is 530. The molecule has 0 N–H and O–H groups in total. The molecule has 0 aliphatic rings. The van der Waals surface area contributed by atoms with Crippen LogP contribution >= 0.6 is 11.3 Å². The zero-order valence-electron chi connectivity index (χ0n) is 13.3. The van der Waals surface area contributed by atoms with Crippen LogP contribution in [0.4, 0.5) is 5.13 Å². The first-order valence-electron chi connectivity index (χ1n) is 7.67. The number of anilines is 1. The molecule has 0 amide bonds. The number of rotatable bonds is 10. The zero-order valence-corrected chi connectivity index (χ0v) is 14.1. The van der Waals surface area contributed by atoms with Crippen molar-refractivity contribution in [2.45, 2.75) is 13.3 Å². The average Bonchev–Trinajstić information content (AvgIpc) is 3.05. The van der Waals surface area contributed by atoms with Gasteiger partial charge in [0.1, 0.15) is 0 Å². The minimum absolute atomic E-state index is 0.657. The summed E-state index contributed by atoms with van der Waals surface area (Å²) in [6.07, 6.45) is 0.998. The highest BCUT2D eigenvalue weighted by atomic mass is 32.1. The lowest BCUT2D eigenvalue weighted by molar-refractivity contribution is 0.0700. The summed E-state index contributed by atoms with van der Waals surface area (Å²) in [6.45, 7) is 6.17. The van der Waals surface area contributed by atoms with Crippen LogP contribution in [0.1, 0.15) is 13.3 Å². The molecule has 1 aromatic carbocycles. The number of hydrogen-bond donors (Lipinski definition) is 0. The van der Waals surface area contributed by atoms with Crippen molar-refractivity contribution in [3.8, 4) is 11.3 Å². The van der Waals surface area contributed by atoms with Gasteiger partial charge in [0.2, 0.25) is 0 Å². The third-order valence-corrected chi connectivity index (χ3v) is 4.26. The summed E-state index contributed by atoms with van der Waals surface area (Å²) < 4.78 is 10.5. The van der Waals surface area contributed by atoms with Gasteiger partial charge in [0, 0.05) is 37.7 Å². The molecule has 120 valence electrons. The first-order chi connectivity index (χ1) is 10.8. The molecule has 0 saturated carbocycles. The predicted molar refractivity (Wildman–Crippen MR) is 92.7 cm³/mol. The van der Waals surface area contributed by atoms with E-state index in [1.54, 1.807) is 18.4 Å². The van der Waals surface area contributed by atoms with Crippen molar-refractivity contribution in [1.29, 1.82) is 0 Å². The molecule has 0 bridgehead atoms. The first kappa shape index (κ1) is 16.9. The Morgan fingerprint density at radius 2 is 1.95 bits per heavy atom. The van der Waals surface area contributed by atoms with Crippen LogP contribution in [0.5, 0.6) is 0 Å². The van der Waals surface area contributed by atoms with E-state index in [9.17, 15) is 0 Å². The molecule has 22 heavy (non-hydrogen) atoms. The van der Waals surface area contributed by atoms with E-state index in [4.69, 9.17) is 14.5 Å². The van der Waals surface area contributed by atoms with Crippen molar-refractivity contribution in [3.63, 3.8) is 0 Å². The Labute approximate surface area is 136 Å². The fourth-order valence-electron chi connectivity index (χ4n) is 2.14. The lowest BCUT2D eigenvalue weighted by Crippen LogP contribution is -2.24. The molecule has 2 aromatic rings. The molecule has 1 heterocycles. The fraction of sp³-hybridized carbons (Fsp3) is 0.471. The molecular formula is C17H24N2O2S. The van der Waals surface area contributed by atoms with Crippen LogP contribution in [0, 0.1) is 0 Å². The van der Waals surface area contributed by atoms with Crippen molar-refractivity contribution in [1.82, 2.24) is 4.98 Å². The van der Waals surface area contributed by atoms with Crippen molar-refractivity contribution in [2.75, 3.05) is 44.9 Å². The Hall–Kier alpha value is -1.43. The predicted octanol–water partition coefficient (Wildman–Crippen LogP) is 3.69. The number of methoxy groups -OCH3 is 1. The molecule has 0 spiro atoms. The summed E-state index contributed by atoms with van der Waals surface area (Å²) in [4.78, 5) is 7.07. The van der Waals surface area contributed by atoms with Gasteiger partial charge in [0.05, 0.1) is 18.9 Å². The summed E-state index contributed by atoms with van der Waals surface area (Å²) in [5.74, 6) is 0. The highest BCUT2D eigenvalue weighted by molar-refractivity contribution is 7.14. The largest absolute Gasteiger partial charge is 0.382 e. The zero-order chi connectivity index (χ0) is 15.6. The minimum atomic E-state index is 0.657. The lowest BCUT2D eigenvalue weighted by Gasteiger charge is -2.19. The van der Waals surface area contributed by atoms with Crippen LogP contribution in [0.15, 0.2) is 35.7 Å². The Balaban J connectivity index is 1.85. The summed E-state index contributed by atoms with van der Waals surface area (Å²) >= 11 is 1.70. The van der Waals surface area contributed by atoms with Crippen molar-refractivity contribution < 1.29 is 9.47 Å². The number of aromatic nitrogens is 1. The van der Waals surface area contributed by atoms with E-state index in [2.05, 4.69) is 29.3 Å². The molecular weight excluding hydrogens is 296 g/mol. The van der Waals surface area contributed by atoms with Gasteiger partial charge in [-0.2, -0.15) is 0 Å². The second kappa shape index (κ2) is 9.56. The molecule has 0 radical (unpaired) electrons. The fourth-order valence-corrected chi connectivity index (χ4v) is 3.07. The molecule has 1 aromatic heterocycles. The summed E-state index contributed by atoms with van der Waals surface area (Å²) in [7, 11) is 1.69. The Kier molecular flexibility index (Phi) is 7.36. The highest BCUT2D eigenvalue weighted by Crippen LogP contribution is 2.27. The van der Waals surface area contributed by atoms with E-state index >= 15 is 0 Å². The summed E-state index contributed by atoms with van der Waals surface area (Å²) in [5, 5.41) is 3.21. The van der Waals surface area contributed by atoms with Gasteiger partial charge in [-0.1, -0.05) is 30.3 Å². The van der Waals surface area contributed by atoms with Gasteiger partial charge in [-0.05, 0) is 13.3 Å². The maximum absolute atomic E-state index is 5.51. The molecule has 4 nitrogen and oxygen atoms in total. The molecule has 0 aliphatic carbocycles. The van der Waals surface area contributed by atoms with E-state index < -0.39 is 0 Å². The Morgan fingerprint density at radius 1 is 1.14 bits per heavy atom. The van der Waals surface area contributed by atoms with Gasteiger partial charge in [0.25, 0.3) is 0 Å².